The van der Waals surface area contributed by atoms with Crippen molar-refractivity contribution in [2.45, 2.75) is 6.30 Å². The van der Waals surface area contributed by atoms with Crippen molar-refractivity contribution in [2.75, 3.05) is 0 Å². The highest BCUT2D eigenvalue weighted by Gasteiger charge is 2.31. The van der Waals surface area contributed by atoms with Crippen molar-refractivity contribution >= 4 is 22.4 Å². The van der Waals surface area contributed by atoms with Crippen LogP contribution in [0.3, 0.4) is 0 Å². The Labute approximate surface area is 116 Å². The van der Waals surface area contributed by atoms with Crippen molar-refractivity contribution in [1.82, 2.24) is 14.8 Å². The van der Waals surface area contributed by atoms with E-state index in [2.05, 4.69) is 10.1 Å². The molecule has 2 aromatic heterocycles. The van der Waals surface area contributed by atoms with Gasteiger partial charge in [-0.2, -0.15) is 9.78 Å². The molecule has 0 radical (unpaired) electrons. The summed E-state index contributed by atoms with van der Waals surface area (Å²) in [4.78, 5) is 4.13. The second-order valence-corrected chi connectivity index (χ2v) is 4.55. The Morgan fingerprint density at radius 3 is 2.65 bits per heavy atom. The zero-order chi connectivity index (χ0) is 14.3. The molecule has 2 heterocycles. The highest BCUT2D eigenvalue weighted by Crippen LogP contribution is 2.33. The molecule has 0 saturated carbocycles. The van der Waals surface area contributed by atoms with Gasteiger partial charge in [0.05, 0.1) is 16.9 Å². The standard InChI is InChI=1S/C13H7ClF3N3/c14-10-3-1-2-8-4-5-18-12(11(8)10)9-6-19-20(7-9)13(15,16)17/h1-7H. The van der Waals surface area contributed by atoms with E-state index in [0.29, 0.717) is 16.1 Å². The van der Waals surface area contributed by atoms with Gasteiger partial charge in [-0.3, -0.25) is 4.98 Å². The number of alkyl halides is 3. The summed E-state index contributed by atoms with van der Waals surface area (Å²) in [6.07, 6.45) is -1.00. The van der Waals surface area contributed by atoms with Gasteiger partial charge < -0.3 is 0 Å². The second-order valence-electron chi connectivity index (χ2n) is 4.14. The summed E-state index contributed by atoms with van der Waals surface area (Å²) in [5.74, 6) is 0. The number of nitrogens with zero attached hydrogens (tertiary/aromatic N) is 3. The minimum atomic E-state index is -4.55. The highest BCUT2D eigenvalue weighted by atomic mass is 35.5. The SMILES string of the molecule is FC(F)(F)n1cc(-c2nccc3cccc(Cl)c23)cn1. The number of hydrogen-bond donors (Lipinski definition) is 0. The summed E-state index contributed by atoms with van der Waals surface area (Å²) < 4.78 is 37.6. The number of aromatic nitrogens is 3. The largest absolute Gasteiger partial charge is 0.504 e. The van der Waals surface area contributed by atoms with Gasteiger partial charge in [-0.15, -0.1) is 13.2 Å². The Bertz CT molecular complexity index is 775. The third kappa shape index (κ3) is 2.12. The van der Waals surface area contributed by atoms with Gasteiger partial charge in [-0.25, -0.2) is 0 Å². The average Bonchev–Trinajstić information content (AvgIpc) is 2.88. The molecule has 3 aromatic rings. The Balaban J connectivity index is 2.22. The predicted octanol–water partition coefficient (Wildman–Crippen LogP) is 4.23. The average molecular weight is 298 g/mol. The number of benzene rings is 1. The van der Waals surface area contributed by atoms with Crippen LogP contribution in [0, 0.1) is 0 Å². The van der Waals surface area contributed by atoms with Gasteiger partial charge in [0.2, 0.25) is 0 Å². The molecule has 1 aromatic carbocycles. The van der Waals surface area contributed by atoms with E-state index in [1.807, 2.05) is 6.07 Å². The smallest absolute Gasteiger partial charge is 0.255 e. The van der Waals surface area contributed by atoms with Crippen LogP contribution in [0.25, 0.3) is 22.0 Å². The lowest BCUT2D eigenvalue weighted by Gasteiger charge is -2.06. The summed E-state index contributed by atoms with van der Waals surface area (Å²) >= 11 is 6.12. The lowest BCUT2D eigenvalue weighted by atomic mass is 10.1. The molecule has 0 aliphatic heterocycles. The Morgan fingerprint density at radius 1 is 1.15 bits per heavy atom. The topological polar surface area (TPSA) is 30.7 Å². The van der Waals surface area contributed by atoms with Crippen molar-refractivity contribution in [1.29, 1.82) is 0 Å². The van der Waals surface area contributed by atoms with Crippen LogP contribution >= 0.6 is 11.6 Å². The lowest BCUT2D eigenvalue weighted by molar-refractivity contribution is -0.212. The number of halogens is 4. The van der Waals surface area contributed by atoms with Crippen molar-refractivity contribution in [2.24, 2.45) is 0 Å². The van der Waals surface area contributed by atoms with E-state index >= 15 is 0 Å². The number of hydrogen-bond acceptors (Lipinski definition) is 2. The molecule has 20 heavy (non-hydrogen) atoms. The fourth-order valence-corrected chi connectivity index (χ4v) is 2.26. The maximum atomic E-state index is 12.6. The Kier molecular flexibility index (Phi) is 2.90. The highest BCUT2D eigenvalue weighted by molar-refractivity contribution is 6.36. The summed E-state index contributed by atoms with van der Waals surface area (Å²) in [5, 5.41) is 5.16. The Hall–Kier alpha value is -2.08. The van der Waals surface area contributed by atoms with Gasteiger partial charge in [-0.05, 0) is 17.5 Å². The fourth-order valence-electron chi connectivity index (χ4n) is 1.99. The molecule has 0 saturated heterocycles. The summed E-state index contributed by atoms with van der Waals surface area (Å²) in [7, 11) is 0. The van der Waals surface area contributed by atoms with E-state index in [9.17, 15) is 13.2 Å². The van der Waals surface area contributed by atoms with Gasteiger partial charge in [0.1, 0.15) is 0 Å². The van der Waals surface area contributed by atoms with Gasteiger partial charge in [0, 0.05) is 23.3 Å². The molecule has 0 aliphatic carbocycles. The molecule has 0 atom stereocenters. The number of pyridine rings is 1. The van der Waals surface area contributed by atoms with Crippen molar-refractivity contribution in [3.8, 4) is 11.3 Å². The molecule has 3 rings (SSSR count). The maximum Gasteiger partial charge on any atom is 0.504 e. The van der Waals surface area contributed by atoms with Gasteiger partial charge >= 0.3 is 6.30 Å². The molecule has 0 fully saturated rings. The van der Waals surface area contributed by atoms with Crippen LogP contribution < -0.4 is 0 Å². The number of fused-ring (bicyclic) bond motifs is 1. The van der Waals surface area contributed by atoms with Crippen LogP contribution in [-0.4, -0.2) is 14.8 Å². The summed E-state index contributed by atoms with van der Waals surface area (Å²) in [6.45, 7) is 0. The first-order valence-electron chi connectivity index (χ1n) is 5.62. The molecular weight excluding hydrogens is 291 g/mol. The zero-order valence-corrected chi connectivity index (χ0v) is 10.7. The van der Waals surface area contributed by atoms with Crippen LogP contribution in [0.1, 0.15) is 0 Å². The first kappa shape index (κ1) is 12.9. The van der Waals surface area contributed by atoms with Gasteiger partial charge in [-0.1, -0.05) is 23.7 Å². The summed E-state index contributed by atoms with van der Waals surface area (Å²) in [6, 6.07) is 7.01. The van der Waals surface area contributed by atoms with E-state index in [4.69, 9.17) is 11.6 Å². The van der Waals surface area contributed by atoms with Crippen molar-refractivity contribution in [3.63, 3.8) is 0 Å². The molecule has 0 aliphatic rings. The predicted molar refractivity (Wildman–Crippen MR) is 69.3 cm³/mol. The van der Waals surface area contributed by atoms with E-state index in [1.165, 1.54) is 6.20 Å². The number of rotatable bonds is 1. The lowest BCUT2D eigenvalue weighted by Crippen LogP contribution is -2.16. The maximum absolute atomic E-state index is 12.6. The minimum absolute atomic E-state index is 0.0559. The monoisotopic (exact) mass is 297 g/mol. The Morgan fingerprint density at radius 2 is 1.95 bits per heavy atom. The summed E-state index contributed by atoms with van der Waals surface area (Å²) in [5.41, 5.74) is 0.643. The van der Waals surface area contributed by atoms with Gasteiger partial charge in [0.25, 0.3) is 0 Å². The van der Waals surface area contributed by atoms with E-state index in [1.54, 1.807) is 18.2 Å². The van der Waals surface area contributed by atoms with Crippen LogP contribution in [0.5, 0.6) is 0 Å². The van der Waals surface area contributed by atoms with Gasteiger partial charge in [0.15, 0.2) is 0 Å². The molecule has 0 bridgehead atoms. The molecule has 0 amide bonds. The fraction of sp³-hybridized carbons (Fsp3) is 0.0769. The van der Waals surface area contributed by atoms with Crippen LogP contribution in [0.4, 0.5) is 13.2 Å². The zero-order valence-electron chi connectivity index (χ0n) is 9.89. The molecule has 102 valence electrons. The van der Waals surface area contributed by atoms with Crippen molar-refractivity contribution in [3.05, 3.63) is 47.9 Å². The molecular formula is C13H7ClF3N3. The third-order valence-corrected chi connectivity index (χ3v) is 3.17. The molecule has 3 nitrogen and oxygen atoms in total. The molecule has 7 heteroatoms. The quantitative estimate of drug-likeness (QED) is 0.673. The van der Waals surface area contributed by atoms with E-state index in [-0.39, 0.29) is 10.2 Å². The van der Waals surface area contributed by atoms with Crippen LogP contribution in [0.2, 0.25) is 5.02 Å². The normalized spacial score (nSPS) is 12.0. The second kappa shape index (κ2) is 4.49. The van der Waals surface area contributed by atoms with Crippen LogP contribution in [0.15, 0.2) is 42.9 Å². The first-order valence-corrected chi connectivity index (χ1v) is 6.00. The molecule has 0 spiro atoms. The molecule has 0 N–H and O–H groups in total. The van der Waals surface area contributed by atoms with Crippen molar-refractivity contribution < 1.29 is 13.2 Å². The first-order chi connectivity index (χ1) is 9.47. The van der Waals surface area contributed by atoms with Crippen LogP contribution in [-0.2, 0) is 6.30 Å². The minimum Gasteiger partial charge on any atom is -0.255 e. The van der Waals surface area contributed by atoms with E-state index in [0.717, 1.165) is 17.8 Å². The van der Waals surface area contributed by atoms with E-state index < -0.39 is 6.30 Å². The third-order valence-electron chi connectivity index (χ3n) is 2.86. The molecule has 0 unspecified atom stereocenters.